The van der Waals surface area contributed by atoms with Crippen LogP contribution in [0.2, 0.25) is 5.02 Å². The van der Waals surface area contributed by atoms with Crippen LogP contribution in [0.4, 0.5) is 0 Å². The van der Waals surface area contributed by atoms with Gasteiger partial charge in [-0.2, -0.15) is 0 Å². The molecule has 0 bridgehead atoms. The van der Waals surface area contributed by atoms with E-state index in [0.29, 0.717) is 38.8 Å². The highest BCUT2D eigenvalue weighted by atomic mass is 35.5. The topological polar surface area (TPSA) is 71.0 Å². The first-order chi connectivity index (χ1) is 13.1. The summed E-state index contributed by atoms with van der Waals surface area (Å²) in [5.74, 6) is 1.07. The molecule has 2 aromatic heterocycles. The normalized spacial score (nSPS) is 11.1. The zero-order chi connectivity index (χ0) is 19.1. The summed E-state index contributed by atoms with van der Waals surface area (Å²) in [7, 11) is 4.47. The van der Waals surface area contributed by atoms with E-state index in [1.165, 1.54) is 27.6 Å². The fraction of sp³-hybridized carbons (Fsp3) is 0.150. The van der Waals surface area contributed by atoms with Gasteiger partial charge in [-0.15, -0.1) is 0 Å². The van der Waals surface area contributed by atoms with Gasteiger partial charge >= 0.3 is 0 Å². The number of halogens is 1. The van der Waals surface area contributed by atoms with Crippen molar-refractivity contribution in [1.82, 2.24) is 0 Å². The minimum absolute atomic E-state index is 0.249. The molecule has 2 aromatic carbocycles. The second kappa shape index (κ2) is 6.55. The summed E-state index contributed by atoms with van der Waals surface area (Å²) in [6.45, 7) is 0. The van der Waals surface area contributed by atoms with Crippen LogP contribution in [-0.2, 0) is 0 Å². The SMILES string of the molecule is COc1cc2oc3ccc(Cl)c(OC)c3c(=O)c2c(OC)c1-c1ccoc1. The number of ether oxygens (including phenoxy) is 3. The molecule has 0 atom stereocenters. The van der Waals surface area contributed by atoms with Crippen LogP contribution in [0.5, 0.6) is 17.2 Å². The van der Waals surface area contributed by atoms with Crippen molar-refractivity contribution in [3.05, 3.63) is 52.0 Å². The highest BCUT2D eigenvalue weighted by molar-refractivity contribution is 6.33. The Morgan fingerprint density at radius 3 is 2.30 bits per heavy atom. The lowest BCUT2D eigenvalue weighted by Gasteiger charge is -2.15. The molecule has 0 unspecified atom stereocenters. The highest BCUT2D eigenvalue weighted by Gasteiger charge is 2.24. The third-order valence-corrected chi connectivity index (χ3v) is 4.69. The Morgan fingerprint density at radius 2 is 1.67 bits per heavy atom. The largest absolute Gasteiger partial charge is 0.496 e. The van der Waals surface area contributed by atoms with Crippen LogP contribution in [0.1, 0.15) is 0 Å². The van der Waals surface area contributed by atoms with Gasteiger partial charge in [-0.1, -0.05) is 11.6 Å². The summed E-state index contributed by atoms with van der Waals surface area (Å²) in [5.41, 5.74) is 1.68. The van der Waals surface area contributed by atoms with Gasteiger partial charge in [0, 0.05) is 11.6 Å². The summed E-state index contributed by atoms with van der Waals surface area (Å²) in [6, 6.07) is 6.66. The molecular weight excluding hydrogens is 372 g/mol. The van der Waals surface area contributed by atoms with Gasteiger partial charge in [-0.25, -0.2) is 0 Å². The number of hydrogen-bond acceptors (Lipinski definition) is 6. The molecule has 27 heavy (non-hydrogen) atoms. The minimum Gasteiger partial charge on any atom is -0.496 e. The molecule has 0 amide bonds. The van der Waals surface area contributed by atoms with E-state index >= 15 is 0 Å². The molecule has 0 aliphatic carbocycles. The van der Waals surface area contributed by atoms with Crippen LogP contribution in [0.25, 0.3) is 33.1 Å². The number of fused-ring (bicyclic) bond motifs is 2. The predicted molar refractivity (Wildman–Crippen MR) is 102 cm³/mol. The van der Waals surface area contributed by atoms with Gasteiger partial charge in [0.2, 0.25) is 5.43 Å². The Balaban J connectivity index is 2.24. The lowest BCUT2D eigenvalue weighted by molar-refractivity contribution is 0.399. The van der Waals surface area contributed by atoms with Crippen molar-refractivity contribution >= 4 is 33.5 Å². The third kappa shape index (κ3) is 2.52. The van der Waals surface area contributed by atoms with Crippen molar-refractivity contribution in [2.75, 3.05) is 21.3 Å². The molecule has 0 saturated heterocycles. The first-order valence-corrected chi connectivity index (χ1v) is 8.39. The molecule has 0 radical (unpaired) electrons. The Hall–Kier alpha value is -3.12. The Morgan fingerprint density at radius 1 is 0.926 bits per heavy atom. The molecule has 6 nitrogen and oxygen atoms in total. The zero-order valence-electron chi connectivity index (χ0n) is 14.8. The van der Waals surface area contributed by atoms with Crippen LogP contribution in [-0.4, -0.2) is 21.3 Å². The van der Waals surface area contributed by atoms with Gasteiger partial charge in [0.1, 0.15) is 33.4 Å². The average molecular weight is 387 g/mol. The Kier molecular flexibility index (Phi) is 4.20. The third-order valence-electron chi connectivity index (χ3n) is 4.39. The van der Waals surface area contributed by atoms with Crippen LogP contribution < -0.4 is 19.6 Å². The maximum atomic E-state index is 13.4. The molecule has 0 saturated carbocycles. The van der Waals surface area contributed by atoms with Gasteiger partial charge in [0.25, 0.3) is 0 Å². The van der Waals surface area contributed by atoms with E-state index in [4.69, 9.17) is 34.6 Å². The molecule has 0 spiro atoms. The summed E-state index contributed by atoms with van der Waals surface area (Å²) in [5, 5.41) is 0.834. The molecule has 0 aliphatic heterocycles. The van der Waals surface area contributed by atoms with Gasteiger partial charge < -0.3 is 23.0 Å². The first-order valence-electron chi connectivity index (χ1n) is 8.01. The lowest BCUT2D eigenvalue weighted by Crippen LogP contribution is -2.07. The summed E-state index contributed by atoms with van der Waals surface area (Å²) >= 11 is 6.19. The second-order valence-electron chi connectivity index (χ2n) is 5.76. The lowest BCUT2D eigenvalue weighted by atomic mass is 10.0. The molecule has 2 heterocycles. The van der Waals surface area contributed by atoms with Crippen LogP contribution in [0.3, 0.4) is 0 Å². The molecule has 138 valence electrons. The molecule has 7 heteroatoms. The van der Waals surface area contributed by atoms with Gasteiger partial charge in [-0.3, -0.25) is 4.79 Å². The van der Waals surface area contributed by atoms with E-state index in [1.54, 1.807) is 30.5 Å². The van der Waals surface area contributed by atoms with Crippen molar-refractivity contribution in [3.8, 4) is 28.4 Å². The van der Waals surface area contributed by atoms with Crippen molar-refractivity contribution in [3.63, 3.8) is 0 Å². The van der Waals surface area contributed by atoms with E-state index in [9.17, 15) is 4.79 Å². The van der Waals surface area contributed by atoms with Crippen molar-refractivity contribution in [1.29, 1.82) is 0 Å². The van der Waals surface area contributed by atoms with Crippen molar-refractivity contribution in [2.24, 2.45) is 0 Å². The van der Waals surface area contributed by atoms with E-state index in [0.717, 1.165) is 0 Å². The minimum atomic E-state index is -0.310. The van der Waals surface area contributed by atoms with E-state index < -0.39 is 0 Å². The average Bonchev–Trinajstić information content (AvgIpc) is 3.21. The van der Waals surface area contributed by atoms with E-state index in [1.807, 2.05) is 0 Å². The number of methoxy groups -OCH3 is 3. The number of furan rings is 1. The summed E-state index contributed by atoms with van der Waals surface area (Å²) < 4.78 is 27.6. The second-order valence-corrected chi connectivity index (χ2v) is 6.16. The maximum absolute atomic E-state index is 13.4. The van der Waals surface area contributed by atoms with E-state index in [2.05, 4.69) is 0 Å². The quantitative estimate of drug-likeness (QED) is 0.465. The summed E-state index contributed by atoms with van der Waals surface area (Å²) in [6.07, 6.45) is 3.08. The fourth-order valence-electron chi connectivity index (χ4n) is 3.24. The monoisotopic (exact) mass is 386 g/mol. The fourth-order valence-corrected chi connectivity index (χ4v) is 3.47. The van der Waals surface area contributed by atoms with Crippen LogP contribution >= 0.6 is 11.6 Å². The molecule has 0 aliphatic rings. The van der Waals surface area contributed by atoms with Crippen LogP contribution in [0.15, 0.2) is 50.4 Å². The zero-order valence-corrected chi connectivity index (χ0v) is 15.5. The molecule has 4 rings (SSSR count). The maximum Gasteiger partial charge on any atom is 0.208 e. The Labute approximate surface area is 158 Å². The molecule has 0 fully saturated rings. The van der Waals surface area contributed by atoms with Crippen molar-refractivity contribution < 1.29 is 23.0 Å². The molecular formula is C20H15ClO6. The number of rotatable bonds is 4. The smallest absolute Gasteiger partial charge is 0.208 e. The molecule has 0 N–H and O–H groups in total. The number of hydrogen-bond donors (Lipinski definition) is 0. The summed E-state index contributed by atoms with van der Waals surface area (Å²) in [4.78, 5) is 13.4. The van der Waals surface area contributed by atoms with E-state index in [-0.39, 0.29) is 22.0 Å². The van der Waals surface area contributed by atoms with Gasteiger partial charge in [0.15, 0.2) is 5.75 Å². The highest BCUT2D eigenvalue weighted by Crippen LogP contribution is 2.44. The van der Waals surface area contributed by atoms with Crippen molar-refractivity contribution in [2.45, 2.75) is 0 Å². The predicted octanol–water partition coefficient (Wildman–Crippen LogP) is 4.89. The van der Waals surface area contributed by atoms with Gasteiger partial charge in [0.05, 0.1) is 44.4 Å². The standard InChI is InChI=1S/C20H15ClO6/c1-23-13-8-14-17(20(25-3)15(13)10-6-7-26-9-10)18(22)16-12(27-14)5-4-11(21)19(16)24-2/h4-9H,1-3H3. The first kappa shape index (κ1) is 17.3. The van der Waals surface area contributed by atoms with Crippen LogP contribution in [0, 0.1) is 0 Å². The number of benzene rings is 2. The Bertz CT molecular complexity index is 1210. The van der Waals surface area contributed by atoms with Gasteiger partial charge in [-0.05, 0) is 18.2 Å². The molecule has 4 aromatic rings.